The monoisotopic (exact) mass is 208 g/mol. The number of aromatic nitrogens is 2. The molecule has 0 atom stereocenters. The van der Waals surface area contributed by atoms with E-state index in [0.29, 0.717) is 13.1 Å². The Balaban J connectivity index is 2.17. The Morgan fingerprint density at radius 3 is 2.93 bits per heavy atom. The molecular weight excluding hydrogens is 192 g/mol. The Kier molecular flexibility index (Phi) is 4.70. The lowest BCUT2D eigenvalue weighted by atomic mass is 10.4. The summed E-state index contributed by atoms with van der Waals surface area (Å²) in [6.07, 6.45) is 1.74. The molecule has 1 aromatic rings. The first-order chi connectivity index (χ1) is 7.18. The number of carbonyl (C=O) groups excluding carboxylic acids is 1. The van der Waals surface area contributed by atoms with Gasteiger partial charge in [-0.3, -0.25) is 4.79 Å². The van der Waals surface area contributed by atoms with E-state index in [-0.39, 0.29) is 5.91 Å². The molecule has 2 N–H and O–H groups in total. The van der Waals surface area contributed by atoms with Crippen molar-refractivity contribution in [2.75, 3.05) is 13.1 Å². The predicted molar refractivity (Wildman–Crippen MR) is 57.2 cm³/mol. The van der Waals surface area contributed by atoms with Gasteiger partial charge in [-0.25, -0.2) is 9.97 Å². The Hall–Kier alpha value is -1.49. The zero-order valence-corrected chi connectivity index (χ0v) is 9.08. The summed E-state index contributed by atoms with van der Waals surface area (Å²) in [6, 6.07) is 1.87. The van der Waals surface area contributed by atoms with Gasteiger partial charge in [-0.2, -0.15) is 0 Å². The van der Waals surface area contributed by atoms with Gasteiger partial charge < -0.3 is 10.6 Å². The van der Waals surface area contributed by atoms with Crippen LogP contribution in [0.3, 0.4) is 0 Å². The fraction of sp³-hybridized carbons (Fsp3) is 0.500. The molecule has 0 bridgehead atoms. The average molecular weight is 208 g/mol. The Bertz CT molecular complexity index is 327. The molecule has 0 aromatic carbocycles. The van der Waals surface area contributed by atoms with E-state index < -0.39 is 0 Å². The van der Waals surface area contributed by atoms with Gasteiger partial charge in [0.25, 0.3) is 0 Å². The number of hydrogen-bond donors (Lipinski definition) is 2. The van der Waals surface area contributed by atoms with E-state index in [4.69, 9.17) is 0 Å². The standard InChI is InChI=1S/C10H16N4O/c1-8-12-4-3-10(14-8)7-11-5-6-13-9(2)15/h3-4,11H,5-7H2,1-2H3,(H,13,15). The molecule has 1 heterocycles. The van der Waals surface area contributed by atoms with Crippen LogP contribution in [-0.2, 0) is 11.3 Å². The molecule has 0 fully saturated rings. The van der Waals surface area contributed by atoms with Crippen LogP contribution in [-0.4, -0.2) is 29.0 Å². The minimum atomic E-state index is -0.00493. The minimum absolute atomic E-state index is 0.00493. The molecule has 0 unspecified atom stereocenters. The summed E-state index contributed by atoms with van der Waals surface area (Å²) >= 11 is 0. The second-order valence-electron chi connectivity index (χ2n) is 3.25. The van der Waals surface area contributed by atoms with Crippen molar-refractivity contribution in [3.63, 3.8) is 0 Å². The third-order valence-electron chi connectivity index (χ3n) is 1.82. The molecule has 0 saturated carbocycles. The lowest BCUT2D eigenvalue weighted by Crippen LogP contribution is -2.30. The number of amides is 1. The second-order valence-corrected chi connectivity index (χ2v) is 3.25. The van der Waals surface area contributed by atoms with Gasteiger partial charge in [-0.1, -0.05) is 0 Å². The topological polar surface area (TPSA) is 66.9 Å². The number of hydrogen-bond acceptors (Lipinski definition) is 4. The first kappa shape index (κ1) is 11.6. The molecule has 15 heavy (non-hydrogen) atoms. The Labute approximate surface area is 89.3 Å². The molecule has 5 nitrogen and oxygen atoms in total. The number of nitrogens with zero attached hydrogens (tertiary/aromatic N) is 2. The van der Waals surface area contributed by atoms with Crippen molar-refractivity contribution in [3.8, 4) is 0 Å². The van der Waals surface area contributed by atoms with Gasteiger partial charge >= 0.3 is 0 Å². The zero-order valence-electron chi connectivity index (χ0n) is 9.08. The average Bonchev–Trinajstić information content (AvgIpc) is 2.17. The highest BCUT2D eigenvalue weighted by molar-refractivity contribution is 5.72. The van der Waals surface area contributed by atoms with E-state index in [9.17, 15) is 4.79 Å². The van der Waals surface area contributed by atoms with E-state index >= 15 is 0 Å². The van der Waals surface area contributed by atoms with Crippen molar-refractivity contribution in [3.05, 3.63) is 23.8 Å². The molecule has 1 rings (SSSR count). The predicted octanol–water partition coefficient (Wildman–Crippen LogP) is 0.0107. The Morgan fingerprint density at radius 2 is 2.27 bits per heavy atom. The van der Waals surface area contributed by atoms with Crippen LogP contribution in [0, 0.1) is 6.92 Å². The second kappa shape index (κ2) is 6.08. The molecule has 1 aromatic heterocycles. The number of nitrogens with one attached hydrogen (secondary N) is 2. The molecule has 82 valence electrons. The molecule has 0 spiro atoms. The van der Waals surface area contributed by atoms with Crippen molar-refractivity contribution in [2.24, 2.45) is 0 Å². The largest absolute Gasteiger partial charge is 0.355 e. The quantitative estimate of drug-likeness (QED) is 0.669. The third-order valence-corrected chi connectivity index (χ3v) is 1.82. The van der Waals surface area contributed by atoms with Crippen molar-refractivity contribution in [1.29, 1.82) is 0 Å². The number of aryl methyl sites for hydroxylation is 1. The maximum absolute atomic E-state index is 10.6. The SMILES string of the molecule is CC(=O)NCCNCc1ccnc(C)n1. The minimum Gasteiger partial charge on any atom is -0.355 e. The fourth-order valence-electron chi connectivity index (χ4n) is 1.15. The summed E-state index contributed by atoms with van der Waals surface area (Å²) in [6.45, 7) is 5.44. The normalized spacial score (nSPS) is 10.0. The summed E-state index contributed by atoms with van der Waals surface area (Å²) in [5.74, 6) is 0.769. The highest BCUT2D eigenvalue weighted by atomic mass is 16.1. The Morgan fingerprint density at radius 1 is 1.47 bits per heavy atom. The molecule has 0 aliphatic heterocycles. The summed E-state index contributed by atoms with van der Waals surface area (Å²) in [5.41, 5.74) is 0.963. The van der Waals surface area contributed by atoms with Crippen LogP contribution in [0.1, 0.15) is 18.4 Å². The van der Waals surface area contributed by atoms with Crippen LogP contribution in [0.4, 0.5) is 0 Å². The van der Waals surface area contributed by atoms with Crippen molar-refractivity contribution in [2.45, 2.75) is 20.4 Å². The van der Waals surface area contributed by atoms with Crippen LogP contribution in [0.2, 0.25) is 0 Å². The summed E-state index contributed by atoms with van der Waals surface area (Å²) in [4.78, 5) is 18.8. The zero-order chi connectivity index (χ0) is 11.1. The highest BCUT2D eigenvalue weighted by Gasteiger charge is 1.95. The molecule has 0 aliphatic rings. The fourth-order valence-corrected chi connectivity index (χ4v) is 1.15. The smallest absolute Gasteiger partial charge is 0.216 e. The van der Waals surface area contributed by atoms with Crippen molar-refractivity contribution in [1.82, 2.24) is 20.6 Å². The number of carbonyl (C=O) groups is 1. The molecule has 5 heteroatoms. The van der Waals surface area contributed by atoms with Crippen LogP contribution in [0.15, 0.2) is 12.3 Å². The van der Waals surface area contributed by atoms with E-state index in [1.807, 2.05) is 13.0 Å². The lowest BCUT2D eigenvalue weighted by molar-refractivity contribution is -0.118. The van der Waals surface area contributed by atoms with Gasteiger partial charge in [-0.15, -0.1) is 0 Å². The molecular formula is C10H16N4O. The molecule has 0 radical (unpaired) electrons. The van der Waals surface area contributed by atoms with Gasteiger partial charge in [0, 0.05) is 32.8 Å². The maximum Gasteiger partial charge on any atom is 0.216 e. The maximum atomic E-state index is 10.6. The highest BCUT2D eigenvalue weighted by Crippen LogP contribution is 1.92. The van der Waals surface area contributed by atoms with E-state index in [1.54, 1.807) is 6.20 Å². The van der Waals surface area contributed by atoms with Crippen LogP contribution in [0.25, 0.3) is 0 Å². The van der Waals surface area contributed by atoms with E-state index in [2.05, 4.69) is 20.6 Å². The number of rotatable bonds is 5. The van der Waals surface area contributed by atoms with Crippen LogP contribution in [0.5, 0.6) is 0 Å². The van der Waals surface area contributed by atoms with Crippen molar-refractivity contribution < 1.29 is 4.79 Å². The van der Waals surface area contributed by atoms with Gasteiger partial charge in [0.1, 0.15) is 5.82 Å². The molecule has 1 amide bonds. The summed E-state index contributed by atoms with van der Waals surface area (Å²) in [7, 11) is 0. The van der Waals surface area contributed by atoms with Crippen LogP contribution >= 0.6 is 0 Å². The van der Waals surface area contributed by atoms with E-state index in [0.717, 1.165) is 18.1 Å². The summed E-state index contributed by atoms with van der Waals surface area (Å²) < 4.78 is 0. The van der Waals surface area contributed by atoms with Gasteiger partial charge in [0.15, 0.2) is 0 Å². The lowest BCUT2D eigenvalue weighted by Gasteiger charge is -2.04. The van der Waals surface area contributed by atoms with Gasteiger partial charge in [0.05, 0.1) is 5.69 Å². The summed E-state index contributed by atoms with van der Waals surface area (Å²) in [5, 5.41) is 5.89. The van der Waals surface area contributed by atoms with Crippen molar-refractivity contribution >= 4 is 5.91 Å². The molecule has 0 saturated heterocycles. The van der Waals surface area contributed by atoms with Crippen LogP contribution < -0.4 is 10.6 Å². The molecule has 0 aliphatic carbocycles. The third kappa shape index (κ3) is 5.07. The first-order valence-electron chi connectivity index (χ1n) is 4.92. The van der Waals surface area contributed by atoms with Gasteiger partial charge in [-0.05, 0) is 13.0 Å². The first-order valence-corrected chi connectivity index (χ1v) is 4.92. The van der Waals surface area contributed by atoms with E-state index in [1.165, 1.54) is 6.92 Å². The van der Waals surface area contributed by atoms with Gasteiger partial charge in [0.2, 0.25) is 5.91 Å².